The number of H-pyrrole nitrogens is 1. The molecule has 2 aromatic carbocycles. The number of aromatic nitrogens is 1. The second-order valence-electron chi connectivity index (χ2n) is 7.52. The summed E-state index contributed by atoms with van der Waals surface area (Å²) in [5, 5.41) is 3.83. The summed E-state index contributed by atoms with van der Waals surface area (Å²) in [5.74, 6) is -0.637. The van der Waals surface area contributed by atoms with Crippen molar-refractivity contribution in [3.05, 3.63) is 70.9 Å². The summed E-state index contributed by atoms with van der Waals surface area (Å²) in [7, 11) is 0. The molecule has 3 rings (SSSR count). The molecule has 1 atom stereocenters. The quantitative estimate of drug-likeness (QED) is 0.423. The van der Waals surface area contributed by atoms with Gasteiger partial charge in [0, 0.05) is 36.0 Å². The molecule has 0 aliphatic heterocycles. The topological polar surface area (TPSA) is 44.9 Å². The van der Waals surface area contributed by atoms with Crippen molar-refractivity contribution in [1.29, 1.82) is 0 Å². The van der Waals surface area contributed by atoms with Crippen molar-refractivity contribution in [3.8, 4) is 0 Å². The van der Waals surface area contributed by atoms with Crippen LogP contribution in [-0.2, 0) is 17.4 Å². The van der Waals surface area contributed by atoms with Crippen LogP contribution in [0.15, 0.2) is 48.7 Å². The van der Waals surface area contributed by atoms with Gasteiger partial charge in [0.15, 0.2) is 0 Å². The van der Waals surface area contributed by atoms with Gasteiger partial charge in [0.1, 0.15) is 0 Å². The molecular formula is C24H27F3N2O. The van der Waals surface area contributed by atoms with Crippen molar-refractivity contribution in [2.45, 2.75) is 51.6 Å². The first kappa shape index (κ1) is 21.9. The number of rotatable bonds is 8. The fourth-order valence-electron chi connectivity index (χ4n) is 3.82. The monoisotopic (exact) mass is 416 g/mol. The van der Waals surface area contributed by atoms with Gasteiger partial charge in [-0.15, -0.1) is 0 Å². The summed E-state index contributed by atoms with van der Waals surface area (Å²) in [6.45, 7) is 4.66. The number of nitrogens with one attached hydrogen (secondary N) is 2. The molecule has 30 heavy (non-hydrogen) atoms. The number of unbranched alkanes of at least 4 members (excludes halogenated alkanes) is 1. The van der Waals surface area contributed by atoms with Crippen LogP contribution in [-0.4, -0.2) is 17.4 Å². The van der Waals surface area contributed by atoms with Crippen molar-refractivity contribution in [2.24, 2.45) is 0 Å². The Labute approximate surface area is 174 Å². The molecular weight excluding hydrogens is 389 g/mol. The molecule has 160 valence electrons. The van der Waals surface area contributed by atoms with Gasteiger partial charge < -0.3 is 10.3 Å². The number of carbonyl (C=O) groups excluding carboxylic acids is 1. The highest BCUT2D eigenvalue weighted by Crippen LogP contribution is 2.37. The first-order chi connectivity index (χ1) is 14.3. The fourth-order valence-corrected chi connectivity index (χ4v) is 3.82. The zero-order valence-electron chi connectivity index (χ0n) is 17.3. The minimum Gasteiger partial charge on any atom is -0.361 e. The molecule has 1 heterocycles. The third-order valence-electron chi connectivity index (χ3n) is 5.45. The summed E-state index contributed by atoms with van der Waals surface area (Å²) in [6.07, 6.45) is 0.150. The minimum atomic E-state index is -4.43. The van der Waals surface area contributed by atoms with Crippen molar-refractivity contribution in [3.63, 3.8) is 0 Å². The summed E-state index contributed by atoms with van der Waals surface area (Å²) < 4.78 is 39.9. The second-order valence-corrected chi connectivity index (χ2v) is 7.52. The Balaban J connectivity index is 2.04. The standard InChI is InChI=1S/C24H27F3N2O/c1-3-5-12-28-22(30)14-20(17-9-6-10-18(13-17)24(25,26)27)21-15-29-23-16(4-2)8-7-11-19(21)23/h6-11,13,15,20,29H,3-5,12,14H2,1-2H3,(H,28,30)/t20-/m1/s1. The van der Waals surface area contributed by atoms with Crippen LogP contribution in [0.5, 0.6) is 0 Å². The van der Waals surface area contributed by atoms with Crippen LogP contribution < -0.4 is 5.32 Å². The number of amides is 1. The van der Waals surface area contributed by atoms with E-state index in [1.54, 1.807) is 6.07 Å². The van der Waals surface area contributed by atoms with E-state index in [2.05, 4.69) is 17.2 Å². The number of benzene rings is 2. The first-order valence-electron chi connectivity index (χ1n) is 10.4. The molecule has 0 bridgehead atoms. The lowest BCUT2D eigenvalue weighted by Crippen LogP contribution is -2.26. The van der Waals surface area contributed by atoms with E-state index in [0.29, 0.717) is 12.1 Å². The number of aromatic amines is 1. The molecule has 6 heteroatoms. The molecule has 0 saturated carbocycles. The largest absolute Gasteiger partial charge is 0.416 e. The van der Waals surface area contributed by atoms with Crippen molar-refractivity contribution in [1.82, 2.24) is 10.3 Å². The number of hydrogen-bond acceptors (Lipinski definition) is 1. The van der Waals surface area contributed by atoms with Crippen LogP contribution >= 0.6 is 0 Å². The highest BCUT2D eigenvalue weighted by Gasteiger charge is 2.32. The minimum absolute atomic E-state index is 0.0916. The van der Waals surface area contributed by atoms with Gasteiger partial charge in [-0.1, -0.05) is 56.7 Å². The smallest absolute Gasteiger partial charge is 0.361 e. The van der Waals surface area contributed by atoms with E-state index in [1.807, 2.05) is 31.3 Å². The summed E-state index contributed by atoms with van der Waals surface area (Å²) in [6, 6.07) is 11.2. The number of hydrogen-bond donors (Lipinski definition) is 2. The molecule has 0 fully saturated rings. The number of fused-ring (bicyclic) bond motifs is 1. The summed E-state index contributed by atoms with van der Waals surface area (Å²) in [5.41, 5.74) is 2.72. The fraction of sp³-hybridized carbons (Fsp3) is 0.375. The summed E-state index contributed by atoms with van der Waals surface area (Å²) in [4.78, 5) is 15.9. The van der Waals surface area contributed by atoms with Gasteiger partial charge >= 0.3 is 6.18 Å². The third-order valence-corrected chi connectivity index (χ3v) is 5.45. The van der Waals surface area contributed by atoms with E-state index in [0.717, 1.165) is 53.4 Å². The molecule has 0 saturated heterocycles. The van der Waals surface area contributed by atoms with E-state index in [4.69, 9.17) is 0 Å². The predicted molar refractivity (Wildman–Crippen MR) is 113 cm³/mol. The Morgan fingerprint density at radius 3 is 2.60 bits per heavy atom. The number of halogens is 3. The lowest BCUT2D eigenvalue weighted by molar-refractivity contribution is -0.137. The molecule has 3 nitrogen and oxygen atoms in total. The molecule has 1 amide bonds. The Morgan fingerprint density at radius 1 is 1.13 bits per heavy atom. The van der Waals surface area contributed by atoms with Crippen LogP contribution in [0, 0.1) is 0 Å². The van der Waals surface area contributed by atoms with Crippen molar-refractivity contribution < 1.29 is 18.0 Å². The predicted octanol–water partition coefficient (Wildman–Crippen LogP) is 6.19. The van der Waals surface area contributed by atoms with Crippen LogP contribution in [0.2, 0.25) is 0 Å². The summed E-state index contributed by atoms with van der Waals surface area (Å²) >= 11 is 0. The van der Waals surface area contributed by atoms with E-state index >= 15 is 0 Å². The van der Waals surface area contributed by atoms with Crippen LogP contribution in [0.3, 0.4) is 0 Å². The van der Waals surface area contributed by atoms with E-state index < -0.39 is 17.7 Å². The van der Waals surface area contributed by atoms with Gasteiger partial charge in [-0.05, 0) is 35.6 Å². The normalized spacial score (nSPS) is 12.8. The second kappa shape index (κ2) is 9.37. The average molecular weight is 416 g/mol. The maximum atomic E-state index is 13.3. The number of alkyl halides is 3. The molecule has 0 spiro atoms. The van der Waals surface area contributed by atoms with Crippen LogP contribution in [0.4, 0.5) is 13.2 Å². The SMILES string of the molecule is CCCCNC(=O)C[C@H](c1cccc(C(F)(F)F)c1)c1c[nH]c2c(CC)cccc12. The molecule has 1 aromatic heterocycles. The van der Waals surface area contributed by atoms with Gasteiger partial charge in [-0.3, -0.25) is 4.79 Å². The van der Waals surface area contributed by atoms with Gasteiger partial charge in [0.2, 0.25) is 5.91 Å². The van der Waals surface area contributed by atoms with Crippen LogP contribution in [0.1, 0.15) is 61.3 Å². The molecule has 0 aliphatic carbocycles. The Bertz CT molecular complexity index is 1010. The Kier molecular flexibility index (Phi) is 6.85. The zero-order chi connectivity index (χ0) is 21.7. The Hall–Kier alpha value is -2.76. The van der Waals surface area contributed by atoms with Gasteiger partial charge in [-0.2, -0.15) is 13.2 Å². The van der Waals surface area contributed by atoms with Gasteiger partial charge in [0.05, 0.1) is 5.56 Å². The van der Waals surface area contributed by atoms with Crippen molar-refractivity contribution >= 4 is 16.8 Å². The highest BCUT2D eigenvalue weighted by atomic mass is 19.4. The van der Waals surface area contributed by atoms with Crippen molar-refractivity contribution in [2.75, 3.05) is 6.54 Å². The molecule has 0 aliphatic rings. The maximum Gasteiger partial charge on any atom is 0.416 e. The highest BCUT2D eigenvalue weighted by molar-refractivity contribution is 5.88. The molecule has 0 radical (unpaired) electrons. The number of aryl methyl sites for hydroxylation is 1. The molecule has 0 unspecified atom stereocenters. The average Bonchev–Trinajstić information content (AvgIpc) is 3.15. The zero-order valence-corrected chi connectivity index (χ0v) is 17.3. The maximum absolute atomic E-state index is 13.3. The van der Waals surface area contributed by atoms with E-state index in [-0.39, 0.29) is 12.3 Å². The van der Waals surface area contributed by atoms with E-state index in [1.165, 1.54) is 6.07 Å². The van der Waals surface area contributed by atoms with Gasteiger partial charge in [-0.25, -0.2) is 0 Å². The molecule has 3 aromatic rings. The molecule has 2 N–H and O–H groups in total. The number of carbonyl (C=O) groups is 1. The third kappa shape index (κ3) is 4.86. The van der Waals surface area contributed by atoms with Crippen LogP contribution in [0.25, 0.3) is 10.9 Å². The lowest BCUT2D eigenvalue weighted by atomic mass is 9.86. The Morgan fingerprint density at radius 2 is 1.90 bits per heavy atom. The van der Waals surface area contributed by atoms with Gasteiger partial charge in [0.25, 0.3) is 0 Å². The van der Waals surface area contributed by atoms with E-state index in [9.17, 15) is 18.0 Å². The lowest BCUT2D eigenvalue weighted by Gasteiger charge is -2.19. The number of para-hydroxylation sites is 1. The first-order valence-corrected chi connectivity index (χ1v) is 10.4.